The Morgan fingerprint density at radius 3 is 2.83 bits per heavy atom. The fourth-order valence-electron chi connectivity index (χ4n) is 0.646. The molecule has 1 heterocycles. The molecule has 0 atom stereocenters. The zero-order valence-corrected chi connectivity index (χ0v) is 7.56. The summed E-state index contributed by atoms with van der Waals surface area (Å²) in [5.74, 6) is 0.614. The second-order valence-corrected chi connectivity index (χ2v) is 3.32. The average Bonchev–Trinajstić information content (AvgIpc) is 2.03. The van der Waals surface area contributed by atoms with Gasteiger partial charge in [-0.15, -0.1) is 0 Å². The van der Waals surface area contributed by atoms with Crippen molar-refractivity contribution in [3.8, 4) is 0 Å². The van der Waals surface area contributed by atoms with Crippen molar-refractivity contribution < 1.29 is 0 Å². The highest BCUT2D eigenvalue weighted by molar-refractivity contribution is 8.13. The smallest absolute Gasteiger partial charge is 0.151 e. The Bertz CT molecular complexity index is 269. The van der Waals surface area contributed by atoms with Gasteiger partial charge in [0, 0.05) is 18.1 Å². The molecule has 0 amide bonds. The van der Waals surface area contributed by atoms with Crippen LogP contribution >= 0.6 is 11.8 Å². The molecular weight excluding hydrogens is 172 g/mol. The van der Waals surface area contributed by atoms with E-state index in [0.717, 1.165) is 11.4 Å². The molecule has 1 rings (SSSR count). The molecule has 0 aliphatic carbocycles. The molecule has 0 saturated carbocycles. The predicted octanol–water partition coefficient (Wildman–Crippen LogP) is 0.912. The van der Waals surface area contributed by atoms with Crippen LogP contribution < -0.4 is 5.73 Å². The van der Waals surface area contributed by atoms with E-state index in [9.17, 15) is 0 Å². The minimum absolute atomic E-state index is 0.109. The van der Waals surface area contributed by atoms with Crippen molar-refractivity contribution in [2.24, 2.45) is 5.73 Å². The summed E-state index contributed by atoms with van der Waals surface area (Å²) in [6.07, 6.45) is 3.40. The van der Waals surface area contributed by atoms with E-state index in [0.29, 0.717) is 5.75 Å². The third-order valence-electron chi connectivity index (χ3n) is 1.21. The van der Waals surface area contributed by atoms with Crippen LogP contribution in [0.2, 0.25) is 0 Å². The lowest BCUT2D eigenvalue weighted by Crippen LogP contribution is -2.04. The van der Waals surface area contributed by atoms with Gasteiger partial charge in [-0.05, 0) is 6.92 Å². The van der Waals surface area contributed by atoms with Gasteiger partial charge in [-0.2, -0.15) is 0 Å². The summed E-state index contributed by atoms with van der Waals surface area (Å²) in [4.78, 5) is 8.18. The van der Waals surface area contributed by atoms with E-state index in [4.69, 9.17) is 11.1 Å². The van der Waals surface area contributed by atoms with Crippen LogP contribution in [0.1, 0.15) is 11.4 Å². The zero-order chi connectivity index (χ0) is 8.97. The molecule has 0 aromatic carbocycles. The van der Waals surface area contributed by atoms with Crippen LogP contribution in [-0.4, -0.2) is 15.1 Å². The van der Waals surface area contributed by atoms with E-state index in [-0.39, 0.29) is 5.17 Å². The molecule has 0 saturated heterocycles. The van der Waals surface area contributed by atoms with Crippen molar-refractivity contribution in [1.29, 1.82) is 5.41 Å². The van der Waals surface area contributed by atoms with Crippen molar-refractivity contribution in [3.63, 3.8) is 0 Å². The standard InChI is InChI=1S/C7H10N4S/c1-5-2-11-6(3-10-5)4-12-7(8)9/h2-3H,4H2,1H3,(H3,8,9). The third-order valence-corrected chi connectivity index (χ3v) is 1.96. The van der Waals surface area contributed by atoms with Crippen LogP contribution in [0.5, 0.6) is 0 Å². The SMILES string of the molecule is Cc1cnc(CSC(=N)N)cn1. The van der Waals surface area contributed by atoms with E-state index >= 15 is 0 Å². The number of nitrogens with zero attached hydrogens (tertiary/aromatic N) is 2. The maximum Gasteiger partial charge on any atom is 0.151 e. The minimum Gasteiger partial charge on any atom is -0.379 e. The number of aromatic nitrogens is 2. The molecule has 0 unspecified atom stereocenters. The second-order valence-electron chi connectivity index (χ2n) is 2.30. The number of amidine groups is 1. The summed E-state index contributed by atoms with van der Waals surface area (Å²) in [5, 5.41) is 7.09. The van der Waals surface area contributed by atoms with Crippen molar-refractivity contribution in [2.75, 3.05) is 0 Å². The van der Waals surface area contributed by atoms with Crippen LogP contribution in [0.3, 0.4) is 0 Å². The van der Waals surface area contributed by atoms with E-state index in [2.05, 4.69) is 9.97 Å². The van der Waals surface area contributed by atoms with Gasteiger partial charge in [-0.3, -0.25) is 15.4 Å². The monoisotopic (exact) mass is 182 g/mol. The molecule has 0 aliphatic rings. The van der Waals surface area contributed by atoms with Crippen LogP contribution in [0.15, 0.2) is 12.4 Å². The fraction of sp³-hybridized carbons (Fsp3) is 0.286. The van der Waals surface area contributed by atoms with E-state index < -0.39 is 0 Å². The summed E-state index contributed by atoms with van der Waals surface area (Å²) in [5.41, 5.74) is 6.91. The lowest BCUT2D eigenvalue weighted by Gasteiger charge is -1.98. The highest BCUT2D eigenvalue weighted by Gasteiger charge is 1.96. The van der Waals surface area contributed by atoms with Crippen molar-refractivity contribution in [3.05, 3.63) is 23.8 Å². The fourth-order valence-corrected chi connectivity index (χ4v) is 1.10. The Morgan fingerprint density at radius 2 is 2.33 bits per heavy atom. The second kappa shape index (κ2) is 4.06. The van der Waals surface area contributed by atoms with Crippen molar-refractivity contribution in [1.82, 2.24) is 9.97 Å². The third kappa shape index (κ3) is 2.87. The molecule has 1 aromatic rings. The highest BCUT2D eigenvalue weighted by Crippen LogP contribution is 2.07. The van der Waals surface area contributed by atoms with Gasteiger partial charge in [0.15, 0.2) is 5.17 Å². The van der Waals surface area contributed by atoms with Crippen LogP contribution in [0, 0.1) is 12.3 Å². The lowest BCUT2D eigenvalue weighted by atomic mass is 10.4. The Morgan fingerprint density at radius 1 is 1.58 bits per heavy atom. The van der Waals surface area contributed by atoms with Gasteiger partial charge in [-0.1, -0.05) is 11.8 Å². The first-order valence-electron chi connectivity index (χ1n) is 3.43. The summed E-state index contributed by atoms with van der Waals surface area (Å²) < 4.78 is 0. The van der Waals surface area contributed by atoms with Gasteiger partial charge in [0.05, 0.1) is 11.4 Å². The molecule has 0 bridgehead atoms. The molecular formula is C7H10N4S. The number of nitrogens with one attached hydrogen (secondary N) is 1. The molecule has 3 N–H and O–H groups in total. The molecule has 0 fully saturated rings. The summed E-state index contributed by atoms with van der Waals surface area (Å²) in [6.45, 7) is 1.88. The van der Waals surface area contributed by atoms with Crippen LogP contribution in [-0.2, 0) is 5.75 Å². The number of rotatable bonds is 2. The molecule has 0 aliphatic heterocycles. The summed E-state index contributed by atoms with van der Waals surface area (Å²) >= 11 is 1.25. The maximum absolute atomic E-state index is 6.98. The van der Waals surface area contributed by atoms with Crippen LogP contribution in [0.4, 0.5) is 0 Å². The molecule has 0 radical (unpaired) electrons. The van der Waals surface area contributed by atoms with Gasteiger partial charge >= 0.3 is 0 Å². The Balaban J connectivity index is 2.53. The van der Waals surface area contributed by atoms with E-state index in [1.165, 1.54) is 11.8 Å². The Hall–Kier alpha value is -1.10. The number of thioether (sulfide) groups is 1. The molecule has 12 heavy (non-hydrogen) atoms. The number of aryl methyl sites for hydroxylation is 1. The normalized spacial score (nSPS) is 9.75. The van der Waals surface area contributed by atoms with Gasteiger partial charge < -0.3 is 5.73 Å². The zero-order valence-electron chi connectivity index (χ0n) is 6.74. The molecule has 64 valence electrons. The van der Waals surface area contributed by atoms with Gasteiger partial charge in [-0.25, -0.2) is 0 Å². The van der Waals surface area contributed by atoms with Crippen molar-refractivity contribution >= 4 is 16.9 Å². The first-order valence-corrected chi connectivity index (χ1v) is 4.41. The minimum atomic E-state index is 0.109. The average molecular weight is 182 g/mol. The quantitative estimate of drug-likeness (QED) is 0.526. The maximum atomic E-state index is 6.98. The van der Waals surface area contributed by atoms with Crippen LogP contribution in [0.25, 0.3) is 0 Å². The molecule has 0 spiro atoms. The summed E-state index contributed by atoms with van der Waals surface area (Å²) in [6, 6.07) is 0. The molecule has 5 heteroatoms. The molecule has 4 nitrogen and oxygen atoms in total. The van der Waals surface area contributed by atoms with E-state index in [1.807, 2.05) is 6.92 Å². The Kier molecular flexibility index (Phi) is 3.04. The number of nitrogens with two attached hydrogens (primary N) is 1. The highest BCUT2D eigenvalue weighted by atomic mass is 32.2. The largest absolute Gasteiger partial charge is 0.379 e. The predicted molar refractivity (Wildman–Crippen MR) is 50.0 cm³/mol. The molecule has 1 aromatic heterocycles. The van der Waals surface area contributed by atoms with Gasteiger partial charge in [0.1, 0.15) is 0 Å². The van der Waals surface area contributed by atoms with Gasteiger partial charge in [0.2, 0.25) is 0 Å². The number of hydrogen-bond acceptors (Lipinski definition) is 4. The summed E-state index contributed by atoms with van der Waals surface area (Å²) in [7, 11) is 0. The Labute approximate surface area is 75.1 Å². The lowest BCUT2D eigenvalue weighted by molar-refractivity contribution is 1.05. The first kappa shape index (κ1) is 8.99. The topological polar surface area (TPSA) is 75.7 Å². The van der Waals surface area contributed by atoms with Gasteiger partial charge in [0.25, 0.3) is 0 Å². The van der Waals surface area contributed by atoms with E-state index in [1.54, 1.807) is 12.4 Å². The first-order chi connectivity index (χ1) is 5.68. The number of hydrogen-bond donors (Lipinski definition) is 2. The van der Waals surface area contributed by atoms with Crippen molar-refractivity contribution in [2.45, 2.75) is 12.7 Å².